The van der Waals surface area contributed by atoms with Crippen LogP contribution in [0.25, 0.3) is 0 Å². The van der Waals surface area contributed by atoms with Crippen molar-refractivity contribution in [2.45, 2.75) is 48.6 Å². The van der Waals surface area contributed by atoms with Gasteiger partial charge in [0.05, 0.1) is 4.21 Å². The second-order valence-corrected chi connectivity index (χ2v) is 8.23. The molecule has 1 aromatic heterocycles. The van der Waals surface area contributed by atoms with Gasteiger partial charge in [0.15, 0.2) is 0 Å². The van der Waals surface area contributed by atoms with Gasteiger partial charge in [-0.2, -0.15) is 0 Å². The largest absolute Gasteiger partial charge is 0.310 e. The summed E-state index contributed by atoms with van der Waals surface area (Å²) in [4.78, 5) is 0. The van der Waals surface area contributed by atoms with Crippen LogP contribution in [-0.4, -0.2) is 11.8 Å². The Morgan fingerprint density at radius 1 is 1.47 bits per heavy atom. The summed E-state index contributed by atoms with van der Waals surface area (Å²) in [5.41, 5.74) is 1.56. The van der Waals surface area contributed by atoms with Crippen molar-refractivity contribution in [2.75, 3.05) is 6.54 Å². The van der Waals surface area contributed by atoms with Crippen molar-refractivity contribution in [3.63, 3.8) is 0 Å². The van der Waals surface area contributed by atoms with Gasteiger partial charge in [0.25, 0.3) is 0 Å². The molecule has 1 aromatic rings. The summed E-state index contributed by atoms with van der Waals surface area (Å²) in [6.07, 6.45) is 4.21. The molecule has 0 radical (unpaired) electrons. The molecule has 0 amide bonds. The van der Waals surface area contributed by atoms with Crippen molar-refractivity contribution >= 4 is 23.1 Å². The average Bonchev–Trinajstić information content (AvgIpc) is 3.05. The highest BCUT2D eigenvalue weighted by molar-refractivity contribution is 8.01. The van der Waals surface area contributed by atoms with Crippen LogP contribution in [0.1, 0.15) is 44.7 Å². The molecule has 0 spiro atoms. The molecule has 1 nitrogen and oxygen atoms in total. The van der Waals surface area contributed by atoms with E-state index in [9.17, 15) is 0 Å². The molecule has 1 N–H and O–H groups in total. The molecular formula is C14H21NS2. The maximum atomic E-state index is 3.81. The molecule has 3 heteroatoms. The summed E-state index contributed by atoms with van der Waals surface area (Å²) in [5, 5.41) is 6.81. The highest BCUT2D eigenvalue weighted by Crippen LogP contribution is 2.44. The molecule has 0 bridgehead atoms. The molecule has 0 saturated heterocycles. The third-order valence-electron chi connectivity index (χ3n) is 4.02. The minimum absolute atomic E-state index is 0.605. The Morgan fingerprint density at radius 3 is 3.06 bits per heavy atom. The highest BCUT2D eigenvalue weighted by atomic mass is 32.2. The first kappa shape index (κ1) is 12.1. The van der Waals surface area contributed by atoms with Gasteiger partial charge in [-0.25, -0.2) is 0 Å². The summed E-state index contributed by atoms with van der Waals surface area (Å²) in [6.45, 7) is 5.95. The summed E-state index contributed by atoms with van der Waals surface area (Å²) in [6, 6.07) is 2.92. The van der Waals surface area contributed by atoms with Gasteiger partial charge in [-0.1, -0.05) is 13.8 Å². The second kappa shape index (κ2) is 4.94. The molecule has 2 unspecified atom stereocenters. The zero-order valence-corrected chi connectivity index (χ0v) is 12.2. The van der Waals surface area contributed by atoms with Gasteiger partial charge in [0.2, 0.25) is 0 Å². The predicted molar refractivity (Wildman–Crippen MR) is 76.9 cm³/mol. The van der Waals surface area contributed by atoms with Crippen LogP contribution in [0.2, 0.25) is 0 Å². The third kappa shape index (κ3) is 2.72. The van der Waals surface area contributed by atoms with Gasteiger partial charge in [-0.3, -0.25) is 0 Å². The summed E-state index contributed by atoms with van der Waals surface area (Å²) < 4.78 is 1.54. The normalized spacial score (nSPS) is 30.0. The van der Waals surface area contributed by atoms with E-state index in [-0.39, 0.29) is 0 Å². The first-order chi connectivity index (χ1) is 8.24. The fourth-order valence-electron chi connectivity index (χ4n) is 2.70. The van der Waals surface area contributed by atoms with E-state index >= 15 is 0 Å². The van der Waals surface area contributed by atoms with E-state index in [1.165, 1.54) is 25.8 Å². The molecule has 2 heterocycles. The Hall–Kier alpha value is 0.0100. The van der Waals surface area contributed by atoms with E-state index in [0.717, 1.165) is 17.1 Å². The first-order valence-electron chi connectivity index (χ1n) is 6.71. The van der Waals surface area contributed by atoms with Gasteiger partial charge in [-0.05, 0) is 54.7 Å². The number of thioether (sulfide) groups is 1. The third-order valence-corrected chi connectivity index (χ3v) is 6.37. The number of nitrogens with one attached hydrogen (secondary N) is 1. The molecule has 0 aromatic carbocycles. The highest BCUT2D eigenvalue weighted by Gasteiger charge is 2.30. The number of hydrogen-bond acceptors (Lipinski definition) is 3. The number of fused-ring (bicyclic) bond motifs is 1. The lowest BCUT2D eigenvalue weighted by Gasteiger charge is -2.28. The van der Waals surface area contributed by atoms with Crippen LogP contribution in [0.3, 0.4) is 0 Å². The number of rotatable bonds is 4. The molecule has 94 valence electrons. The van der Waals surface area contributed by atoms with Crippen LogP contribution in [-0.2, 0) is 0 Å². The van der Waals surface area contributed by atoms with Gasteiger partial charge < -0.3 is 5.32 Å². The molecule has 1 aliphatic heterocycles. The molecule has 1 aliphatic carbocycles. The molecule has 2 aliphatic rings. The number of hydrogen-bond donors (Lipinski definition) is 1. The zero-order valence-electron chi connectivity index (χ0n) is 10.6. The Labute approximate surface area is 112 Å². The summed E-state index contributed by atoms with van der Waals surface area (Å²) >= 11 is 3.96. The van der Waals surface area contributed by atoms with E-state index in [1.807, 2.05) is 11.3 Å². The molecule has 3 rings (SSSR count). The minimum Gasteiger partial charge on any atom is -0.310 e. The molecule has 3 atom stereocenters. The van der Waals surface area contributed by atoms with Gasteiger partial charge in [-0.15, -0.1) is 23.1 Å². The van der Waals surface area contributed by atoms with Gasteiger partial charge >= 0.3 is 0 Å². The van der Waals surface area contributed by atoms with Crippen LogP contribution in [0.15, 0.2) is 15.7 Å². The smallest absolute Gasteiger partial charge is 0.0649 e. The lowest BCUT2D eigenvalue weighted by molar-refractivity contribution is 0.403. The van der Waals surface area contributed by atoms with Crippen molar-refractivity contribution in [3.05, 3.63) is 17.0 Å². The average molecular weight is 267 g/mol. The maximum Gasteiger partial charge on any atom is 0.0649 e. The lowest BCUT2D eigenvalue weighted by Crippen LogP contribution is -2.30. The van der Waals surface area contributed by atoms with E-state index in [4.69, 9.17) is 0 Å². The molecule has 17 heavy (non-hydrogen) atoms. The topological polar surface area (TPSA) is 12.0 Å². The van der Waals surface area contributed by atoms with Crippen molar-refractivity contribution in [1.82, 2.24) is 5.32 Å². The monoisotopic (exact) mass is 267 g/mol. The van der Waals surface area contributed by atoms with Crippen LogP contribution in [0.5, 0.6) is 0 Å². The fourth-order valence-corrected chi connectivity index (χ4v) is 5.27. The van der Waals surface area contributed by atoms with Crippen LogP contribution in [0, 0.1) is 11.8 Å². The van der Waals surface area contributed by atoms with Crippen LogP contribution >= 0.6 is 23.1 Å². The summed E-state index contributed by atoms with van der Waals surface area (Å²) in [7, 11) is 0. The second-order valence-electron chi connectivity index (χ2n) is 5.60. The fraction of sp³-hybridized carbons (Fsp3) is 0.714. The summed E-state index contributed by atoms with van der Waals surface area (Å²) in [5.74, 6) is 1.88. The van der Waals surface area contributed by atoms with Crippen molar-refractivity contribution in [2.24, 2.45) is 11.8 Å². The van der Waals surface area contributed by atoms with Crippen LogP contribution in [0.4, 0.5) is 0 Å². The Bertz CT molecular complexity index is 383. The maximum absolute atomic E-state index is 3.81. The van der Waals surface area contributed by atoms with E-state index in [2.05, 4.69) is 42.4 Å². The first-order valence-corrected chi connectivity index (χ1v) is 8.47. The Kier molecular flexibility index (Phi) is 3.51. The molecule has 1 fully saturated rings. The lowest BCUT2D eigenvalue weighted by atomic mass is 10.0. The minimum atomic E-state index is 0.605. The van der Waals surface area contributed by atoms with Crippen molar-refractivity contribution < 1.29 is 0 Å². The van der Waals surface area contributed by atoms with E-state index in [0.29, 0.717) is 6.04 Å². The Balaban J connectivity index is 1.63. The molecule has 1 saturated carbocycles. The van der Waals surface area contributed by atoms with Crippen molar-refractivity contribution in [3.8, 4) is 0 Å². The van der Waals surface area contributed by atoms with Gasteiger partial charge in [0, 0.05) is 11.3 Å². The van der Waals surface area contributed by atoms with Crippen LogP contribution < -0.4 is 5.32 Å². The van der Waals surface area contributed by atoms with Gasteiger partial charge in [0.1, 0.15) is 0 Å². The number of thiophene rings is 1. The van der Waals surface area contributed by atoms with E-state index in [1.54, 1.807) is 9.77 Å². The zero-order chi connectivity index (χ0) is 11.8. The van der Waals surface area contributed by atoms with Crippen molar-refractivity contribution in [1.29, 1.82) is 0 Å². The standard InChI is InChI=1S/C14H21NS2/c1-9(11-3-4-11)8-15-13-7-10(2)17-14-12(13)5-6-16-14/h5-6,9-11,13,15H,3-4,7-8H2,1-2H3/t9?,10-,13?/m0/s1. The SMILES string of the molecule is CC(CNC1C[C@H](C)Sc2sccc21)C1CC1. The Morgan fingerprint density at radius 2 is 2.29 bits per heavy atom. The predicted octanol–water partition coefficient (Wildman–Crippen LogP) is 4.31. The molecular weight excluding hydrogens is 246 g/mol. The van der Waals surface area contributed by atoms with E-state index < -0.39 is 0 Å². The quantitative estimate of drug-likeness (QED) is 0.872.